The predicted molar refractivity (Wildman–Crippen MR) is 325 cm³/mol. The van der Waals surface area contributed by atoms with Crippen LogP contribution in [0.3, 0.4) is 0 Å². The van der Waals surface area contributed by atoms with Gasteiger partial charge in [0.1, 0.15) is 5.60 Å². The smallest absolute Gasteiger partial charge is 0.407 e. The molecule has 0 saturated heterocycles. The number of alkyl carbamates (subject to hydrolysis) is 1. The lowest BCUT2D eigenvalue weighted by molar-refractivity contribution is 0.0527. The van der Waals surface area contributed by atoms with Gasteiger partial charge in [-0.15, -0.1) is 0 Å². The maximum absolute atomic E-state index is 11.7. The number of ketones is 1. The van der Waals surface area contributed by atoms with Crippen LogP contribution in [0.4, 0.5) is 4.79 Å². The first-order chi connectivity index (χ1) is 36.7. The fourth-order valence-electron chi connectivity index (χ4n) is 11.4. The van der Waals surface area contributed by atoms with Gasteiger partial charge in [-0.3, -0.25) is 4.79 Å². The second-order valence-electron chi connectivity index (χ2n) is 21.3. The van der Waals surface area contributed by atoms with Gasteiger partial charge in [0.2, 0.25) is 0 Å². The summed E-state index contributed by atoms with van der Waals surface area (Å²) in [5.41, 5.74) is 25.9. The number of aryl methyl sites for hydroxylation is 4. The fraction of sp³-hybridized carbons (Fsp3) is 0.424. The van der Waals surface area contributed by atoms with Crippen LogP contribution >= 0.6 is 63.7 Å². The number of fused-ring (bicyclic) bond motifs is 12. The zero-order chi connectivity index (χ0) is 53.5. The normalized spacial score (nSPS) is 17.9. The van der Waals surface area contributed by atoms with Gasteiger partial charge in [0, 0.05) is 142 Å². The Morgan fingerprint density at radius 3 is 1.29 bits per heavy atom. The largest absolute Gasteiger partial charge is 0.444 e. The minimum absolute atomic E-state index is 0.253. The van der Waals surface area contributed by atoms with Gasteiger partial charge < -0.3 is 57.4 Å². The molecule has 0 radical (unpaired) electrons. The molecule has 1 amide bonds. The summed E-state index contributed by atoms with van der Waals surface area (Å²) < 4.78 is 9.72. The Hall–Kier alpha value is -4.30. The van der Waals surface area contributed by atoms with Crippen LogP contribution in [0, 0.1) is 0 Å². The molecule has 17 heteroatoms. The quantitative estimate of drug-likeness (QED) is 0.0595. The monoisotopic (exact) mass is 1280 g/mol. The van der Waals surface area contributed by atoms with E-state index in [0.717, 1.165) is 67.9 Å². The average Bonchev–Trinajstić information content (AvgIpc) is 4.18. The predicted octanol–water partition coefficient (Wildman–Crippen LogP) is 13.6. The van der Waals surface area contributed by atoms with E-state index in [-0.39, 0.29) is 11.9 Å². The zero-order valence-electron chi connectivity index (χ0n) is 43.8. The number of aromatic amines is 4. The van der Waals surface area contributed by atoms with Gasteiger partial charge >= 0.3 is 6.09 Å². The van der Waals surface area contributed by atoms with E-state index in [2.05, 4.69) is 166 Å². The average molecular weight is 1290 g/mol. The van der Waals surface area contributed by atoms with Crippen molar-refractivity contribution in [2.75, 3.05) is 39.3 Å². The lowest BCUT2D eigenvalue weighted by Gasteiger charge is -2.24. The lowest BCUT2D eigenvalue weighted by Crippen LogP contribution is -2.37. The lowest BCUT2D eigenvalue weighted by atomic mass is 9.92. The van der Waals surface area contributed by atoms with E-state index in [1.807, 2.05) is 32.9 Å². The Bertz CT molecular complexity index is 3210. The number of benzene rings is 4. The summed E-state index contributed by atoms with van der Waals surface area (Å²) in [6.45, 7) is 9.99. The van der Waals surface area contributed by atoms with Crippen LogP contribution in [0.1, 0.15) is 140 Å². The maximum atomic E-state index is 11.7. The Morgan fingerprint density at radius 2 is 0.895 bits per heavy atom. The molecule has 4 aliphatic carbocycles. The second-order valence-corrected chi connectivity index (χ2v) is 24.9. The topological polar surface area (TPSA) is 207 Å². The van der Waals surface area contributed by atoms with Crippen LogP contribution in [0.5, 0.6) is 0 Å². The molecule has 404 valence electrons. The van der Waals surface area contributed by atoms with Crippen LogP contribution in [-0.4, -0.2) is 76.7 Å². The van der Waals surface area contributed by atoms with Gasteiger partial charge in [0.15, 0.2) is 5.78 Å². The highest BCUT2D eigenvalue weighted by atomic mass is 79.9. The number of hydrogen-bond acceptors (Lipinski definition) is 8. The van der Waals surface area contributed by atoms with E-state index in [1.54, 1.807) is 0 Å². The minimum Gasteiger partial charge on any atom is -0.444 e. The van der Waals surface area contributed by atoms with Crippen LogP contribution in [0.15, 0.2) is 90.7 Å². The number of carbonyl (C=O) groups is 2. The summed E-state index contributed by atoms with van der Waals surface area (Å²) in [7, 11) is 0. The molecule has 13 nitrogen and oxygen atoms in total. The zero-order valence-corrected chi connectivity index (χ0v) is 50.1. The molecule has 4 aliphatic rings. The van der Waals surface area contributed by atoms with Gasteiger partial charge in [-0.25, -0.2) is 4.79 Å². The van der Waals surface area contributed by atoms with Gasteiger partial charge in [-0.05, 0) is 186 Å². The van der Waals surface area contributed by atoms with E-state index >= 15 is 0 Å². The van der Waals surface area contributed by atoms with E-state index in [9.17, 15) is 9.59 Å². The molecule has 12 N–H and O–H groups in total. The molecule has 4 heterocycles. The summed E-state index contributed by atoms with van der Waals surface area (Å²) in [5.74, 6) is 0.253. The Balaban J connectivity index is 0.000000126. The Labute approximate surface area is 479 Å². The molecule has 76 heavy (non-hydrogen) atoms. The van der Waals surface area contributed by atoms with Crippen molar-refractivity contribution in [1.29, 1.82) is 0 Å². The number of Topliss-reactive ketones (excluding diaryl/α,β-unsaturated/α-hetero) is 1. The van der Waals surface area contributed by atoms with Crippen molar-refractivity contribution in [3.63, 3.8) is 0 Å². The Morgan fingerprint density at radius 1 is 0.526 bits per heavy atom. The van der Waals surface area contributed by atoms with Crippen molar-refractivity contribution < 1.29 is 14.3 Å². The number of ether oxygens (including phenoxy) is 1. The molecular formula is C59H72Br4N10O3. The number of H-pyrrole nitrogens is 4. The van der Waals surface area contributed by atoms with Crippen LogP contribution in [0.25, 0.3) is 43.6 Å². The van der Waals surface area contributed by atoms with Crippen molar-refractivity contribution in [3.8, 4) is 0 Å². The van der Waals surface area contributed by atoms with Crippen LogP contribution in [0.2, 0.25) is 0 Å². The molecule has 8 aromatic rings. The fourth-order valence-corrected chi connectivity index (χ4v) is 12.9. The standard InChI is InChI=1S/C19H26BrN3O2.2C14H18BrN3.C12H10BrNO/c1-19(2,3)25-18(24)22-10-9-21-16-6-4-5-13-14-11-12(20)7-8-15(14)23-17(13)16;2*15-9-4-5-12-11(8-9)10-2-1-3-13(14(10)18-12)17-7-6-16;13-7-4-5-10-9(6-7)8-2-1-3-11(15)12(8)14-10/h7-8,11,16,21,23H,4-6,9-10H2,1-3H3,(H,22,24);2*4-5,8,13,17-18H,1-3,6-7,16H2;4-6,14H,1-3H2. The van der Waals surface area contributed by atoms with Crippen molar-refractivity contribution >= 4 is 119 Å². The highest BCUT2D eigenvalue weighted by Crippen LogP contribution is 2.39. The SMILES string of the molecule is CC(C)(C)OC(=O)NCCNC1CCCc2c1[nH]c1ccc(Br)cc21.NCCNC1CCCc2c1[nH]c1ccc(Br)cc21.NCCNC1CCCc2c1[nH]c1ccc(Br)cc21.O=C1CCCc2c1[nH]c1ccc(Br)cc21. The van der Waals surface area contributed by atoms with Gasteiger partial charge in [0.25, 0.3) is 0 Å². The molecule has 3 atom stereocenters. The number of aromatic nitrogens is 4. The number of amides is 1. The van der Waals surface area contributed by atoms with Gasteiger partial charge in [0.05, 0.1) is 5.69 Å². The van der Waals surface area contributed by atoms with E-state index in [0.29, 0.717) is 50.7 Å². The number of halogens is 4. The molecule has 0 aliphatic heterocycles. The van der Waals surface area contributed by atoms with E-state index < -0.39 is 5.60 Å². The minimum atomic E-state index is -0.464. The third-order valence-electron chi connectivity index (χ3n) is 14.7. The van der Waals surface area contributed by atoms with Crippen molar-refractivity contribution in [3.05, 3.63) is 136 Å². The Kier molecular flexibility index (Phi) is 19.0. The summed E-state index contributed by atoms with van der Waals surface area (Å²) in [6, 6.07) is 26.6. The molecule has 12 rings (SSSR count). The first kappa shape index (κ1) is 56.4. The molecule has 0 fully saturated rings. The van der Waals surface area contributed by atoms with E-state index in [1.165, 1.54) is 122 Å². The van der Waals surface area contributed by atoms with Gasteiger partial charge in [-0.1, -0.05) is 63.7 Å². The number of nitrogens with two attached hydrogens (primary N) is 2. The first-order valence-electron chi connectivity index (χ1n) is 27.0. The molecule has 0 bridgehead atoms. The number of hydrogen-bond donors (Lipinski definition) is 10. The van der Waals surface area contributed by atoms with Crippen molar-refractivity contribution in [2.45, 2.75) is 122 Å². The number of nitrogens with one attached hydrogen (secondary N) is 8. The van der Waals surface area contributed by atoms with Gasteiger partial charge in [-0.2, -0.15) is 0 Å². The number of carbonyl (C=O) groups excluding carboxylic acids is 2. The summed E-state index contributed by atoms with van der Waals surface area (Å²) in [5, 5.41) is 18.6. The summed E-state index contributed by atoms with van der Waals surface area (Å²) in [4.78, 5) is 37.3. The third kappa shape index (κ3) is 13.6. The molecule has 3 unspecified atom stereocenters. The van der Waals surface area contributed by atoms with Crippen molar-refractivity contribution in [2.24, 2.45) is 11.5 Å². The highest BCUT2D eigenvalue weighted by molar-refractivity contribution is 9.11. The third-order valence-corrected chi connectivity index (χ3v) is 16.7. The molecule has 0 saturated carbocycles. The maximum Gasteiger partial charge on any atom is 0.407 e. The second kappa shape index (κ2) is 25.7. The summed E-state index contributed by atoms with van der Waals surface area (Å²) >= 11 is 14.1. The van der Waals surface area contributed by atoms with Crippen molar-refractivity contribution in [1.82, 2.24) is 41.2 Å². The molecule has 4 aromatic carbocycles. The van der Waals surface area contributed by atoms with Crippen LogP contribution in [-0.2, 0) is 30.4 Å². The first-order valence-corrected chi connectivity index (χ1v) is 30.2. The van der Waals surface area contributed by atoms with Crippen LogP contribution < -0.4 is 32.7 Å². The molecule has 0 spiro atoms. The highest BCUT2D eigenvalue weighted by Gasteiger charge is 2.27. The van der Waals surface area contributed by atoms with E-state index in [4.69, 9.17) is 16.2 Å². The number of rotatable bonds is 10. The molecule has 4 aromatic heterocycles. The molecular weight excluding hydrogens is 1220 g/mol. The summed E-state index contributed by atoms with van der Waals surface area (Å²) in [6.07, 6.45) is 12.9.